The highest BCUT2D eigenvalue weighted by Gasteiger charge is 2.23. The summed E-state index contributed by atoms with van der Waals surface area (Å²) in [6.07, 6.45) is 2.09. The van der Waals surface area contributed by atoms with E-state index in [1.807, 2.05) is 4.68 Å². The molecule has 0 aliphatic rings. The zero-order chi connectivity index (χ0) is 14.6. The Hall–Kier alpha value is -1.12. The molecule has 0 amide bonds. The van der Waals surface area contributed by atoms with Gasteiger partial charge in [-0.1, -0.05) is 34.6 Å². The highest BCUT2D eigenvalue weighted by molar-refractivity contribution is 5.80. The molecule has 1 atom stereocenters. The molecule has 0 fully saturated rings. The van der Waals surface area contributed by atoms with Gasteiger partial charge in [-0.25, -0.2) is 0 Å². The molecule has 0 saturated heterocycles. The van der Waals surface area contributed by atoms with Crippen LogP contribution < -0.4 is 0 Å². The number of hydrogen-bond donors (Lipinski definition) is 0. The van der Waals surface area contributed by atoms with Crippen LogP contribution in [0.4, 0.5) is 0 Å². The minimum absolute atomic E-state index is 0.190. The van der Waals surface area contributed by atoms with Crippen LogP contribution in [0.5, 0.6) is 0 Å². The Morgan fingerprint density at radius 1 is 1.37 bits per heavy atom. The van der Waals surface area contributed by atoms with Crippen molar-refractivity contribution in [3.05, 3.63) is 17.5 Å². The fourth-order valence-corrected chi connectivity index (χ4v) is 2.03. The van der Waals surface area contributed by atoms with Crippen LogP contribution >= 0.6 is 0 Å². The third kappa shape index (κ3) is 4.48. The van der Waals surface area contributed by atoms with E-state index >= 15 is 0 Å². The van der Waals surface area contributed by atoms with Gasteiger partial charge in [0, 0.05) is 25.1 Å². The minimum atomic E-state index is 0.190. The largest absolute Gasteiger partial charge is 0.299 e. The average molecular weight is 264 g/mol. The van der Waals surface area contributed by atoms with Gasteiger partial charge in [-0.3, -0.25) is 9.48 Å². The van der Waals surface area contributed by atoms with Crippen LogP contribution in [0.3, 0.4) is 0 Å². The van der Waals surface area contributed by atoms with E-state index < -0.39 is 0 Å². The Balaban J connectivity index is 2.69. The van der Waals surface area contributed by atoms with Gasteiger partial charge in [0.15, 0.2) is 0 Å². The van der Waals surface area contributed by atoms with Gasteiger partial charge in [-0.05, 0) is 30.7 Å². The molecule has 1 heterocycles. The van der Waals surface area contributed by atoms with Gasteiger partial charge in [0.05, 0.1) is 5.69 Å². The van der Waals surface area contributed by atoms with Crippen LogP contribution in [0, 0.1) is 11.3 Å². The van der Waals surface area contributed by atoms with E-state index in [1.54, 1.807) is 0 Å². The van der Waals surface area contributed by atoms with E-state index in [-0.39, 0.29) is 5.41 Å². The van der Waals surface area contributed by atoms with Crippen molar-refractivity contribution in [2.75, 3.05) is 0 Å². The maximum absolute atomic E-state index is 12.2. The normalized spacial score (nSPS) is 13.6. The Morgan fingerprint density at radius 2 is 2.00 bits per heavy atom. The second-order valence-electron chi connectivity index (χ2n) is 6.48. The van der Waals surface area contributed by atoms with Crippen LogP contribution in [0.1, 0.15) is 59.4 Å². The van der Waals surface area contributed by atoms with Crippen molar-refractivity contribution >= 4 is 5.78 Å². The third-order valence-corrected chi connectivity index (χ3v) is 3.97. The molecule has 0 aliphatic heterocycles. The first kappa shape index (κ1) is 15.9. The van der Waals surface area contributed by atoms with Crippen LogP contribution in [0.2, 0.25) is 0 Å². The summed E-state index contributed by atoms with van der Waals surface area (Å²) in [6.45, 7) is 13.7. The van der Waals surface area contributed by atoms with Gasteiger partial charge in [0.25, 0.3) is 0 Å². The van der Waals surface area contributed by atoms with Gasteiger partial charge in [-0.2, -0.15) is 5.10 Å². The van der Waals surface area contributed by atoms with Gasteiger partial charge < -0.3 is 0 Å². The minimum Gasteiger partial charge on any atom is -0.299 e. The number of aryl methyl sites for hydroxylation is 2. The lowest BCUT2D eigenvalue weighted by Gasteiger charge is -2.26. The number of ketones is 1. The molecular formula is C16H28N2O. The van der Waals surface area contributed by atoms with Crippen LogP contribution in [0.15, 0.2) is 6.07 Å². The van der Waals surface area contributed by atoms with E-state index in [0.717, 1.165) is 24.4 Å². The Labute approximate surface area is 117 Å². The predicted octanol–water partition coefficient (Wildman–Crippen LogP) is 3.65. The highest BCUT2D eigenvalue weighted by Crippen LogP contribution is 2.28. The van der Waals surface area contributed by atoms with Crippen molar-refractivity contribution in [1.29, 1.82) is 0 Å². The Kier molecular flexibility index (Phi) is 5.33. The Bertz CT molecular complexity index is 426. The number of carbonyl (C=O) groups is 1. The summed E-state index contributed by atoms with van der Waals surface area (Å²) >= 11 is 0. The topological polar surface area (TPSA) is 34.9 Å². The Morgan fingerprint density at radius 3 is 2.47 bits per heavy atom. The van der Waals surface area contributed by atoms with E-state index in [2.05, 4.69) is 52.7 Å². The van der Waals surface area contributed by atoms with Crippen molar-refractivity contribution in [2.24, 2.45) is 11.3 Å². The summed E-state index contributed by atoms with van der Waals surface area (Å²) < 4.78 is 1.96. The number of nitrogens with zero attached hydrogens (tertiary/aromatic N) is 2. The molecule has 0 aliphatic carbocycles. The van der Waals surface area contributed by atoms with Crippen molar-refractivity contribution in [3.63, 3.8) is 0 Å². The maximum atomic E-state index is 12.2. The monoisotopic (exact) mass is 264 g/mol. The van der Waals surface area contributed by atoms with E-state index in [1.165, 1.54) is 0 Å². The first-order valence-corrected chi connectivity index (χ1v) is 7.35. The molecular weight excluding hydrogens is 236 g/mol. The number of rotatable bonds is 6. The standard InChI is InChI=1S/C16H28N2O/c1-7-13-10-14(18(8-2)17-13)11-15(19)9-12(3)16(4,5)6/h10,12H,7-9,11H2,1-6H3. The fraction of sp³-hybridized carbons (Fsp3) is 0.750. The van der Waals surface area contributed by atoms with E-state index in [0.29, 0.717) is 24.5 Å². The first-order chi connectivity index (χ1) is 8.77. The van der Waals surface area contributed by atoms with Crippen LogP contribution in [-0.2, 0) is 24.2 Å². The summed E-state index contributed by atoms with van der Waals surface area (Å²) in [6, 6.07) is 2.07. The van der Waals surface area contributed by atoms with Crippen molar-refractivity contribution in [1.82, 2.24) is 9.78 Å². The lowest BCUT2D eigenvalue weighted by atomic mass is 9.79. The van der Waals surface area contributed by atoms with E-state index in [4.69, 9.17) is 0 Å². The zero-order valence-electron chi connectivity index (χ0n) is 13.3. The van der Waals surface area contributed by atoms with Crippen LogP contribution in [0.25, 0.3) is 0 Å². The molecule has 0 bridgehead atoms. The molecule has 0 radical (unpaired) electrons. The lowest BCUT2D eigenvalue weighted by molar-refractivity contribution is -0.120. The predicted molar refractivity (Wildman–Crippen MR) is 79.2 cm³/mol. The molecule has 0 N–H and O–H groups in total. The SMILES string of the molecule is CCc1cc(CC(=O)CC(C)C(C)(C)C)n(CC)n1. The number of hydrogen-bond acceptors (Lipinski definition) is 2. The molecule has 3 nitrogen and oxygen atoms in total. The second-order valence-corrected chi connectivity index (χ2v) is 6.48. The maximum Gasteiger partial charge on any atom is 0.139 e. The molecule has 0 spiro atoms. The second kappa shape index (κ2) is 6.36. The number of Topliss-reactive ketones (excluding diaryl/α,β-unsaturated/α-hetero) is 1. The quantitative estimate of drug-likeness (QED) is 0.786. The molecule has 1 rings (SSSR count). The van der Waals surface area contributed by atoms with Gasteiger partial charge in [0.2, 0.25) is 0 Å². The average Bonchev–Trinajstić information content (AvgIpc) is 2.69. The van der Waals surface area contributed by atoms with Gasteiger partial charge in [-0.15, -0.1) is 0 Å². The number of carbonyl (C=O) groups excluding carboxylic acids is 1. The summed E-state index contributed by atoms with van der Waals surface area (Å²) in [5, 5.41) is 4.49. The fourth-order valence-electron chi connectivity index (χ4n) is 2.03. The molecule has 19 heavy (non-hydrogen) atoms. The zero-order valence-corrected chi connectivity index (χ0v) is 13.3. The van der Waals surface area contributed by atoms with Crippen molar-refractivity contribution in [2.45, 2.75) is 67.3 Å². The highest BCUT2D eigenvalue weighted by atomic mass is 16.1. The molecule has 1 unspecified atom stereocenters. The van der Waals surface area contributed by atoms with Gasteiger partial charge >= 0.3 is 0 Å². The summed E-state index contributed by atoms with van der Waals surface area (Å²) in [4.78, 5) is 12.2. The van der Waals surface area contributed by atoms with Crippen LogP contribution in [-0.4, -0.2) is 15.6 Å². The van der Waals surface area contributed by atoms with E-state index in [9.17, 15) is 4.79 Å². The molecule has 0 aromatic carbocycles. The summed E-state index contributed by atoms with van der Waals surface area (Å²) in [7, 11) is 0. The third-order valence-electron chi connectivity index (χ3n) is 3.97. The molecule has 108 valence electrons. The summed E-state index contributed by atoms with van der Waals surface area (Å²) in [5.74, 6) is 0.725. The van der Waals surface area contributed by atoms with Gasteiger partial charge in [0.1, 0.15) is 5.78 Å². The first-order valence-electron chi connectivity index (χ1n) is 7.35. The molecule has 0 saturated carbocycles. The smallest absolute Gasteiger partial charge is 0.139 e. The van der Waals surface area contributed by atoms with Crippen molar-refractivity contribution in [3.8, 4) is 0 Å². The lowest BCUT2D eigenvalue weighted by Crippen LogP contribution is -2.21. The molecule has 3 heteroatoms. The molecule has 1 aromatic rings. The molecule has 1 aromatic heterocycles. The van der Waals surface area contributed by atoms with Crippen molar-refractivity contribution < 1.29 is 4.79 Å². The number of aromatic nitrogens is 2. The summed E-state index contributed by atoms with van der Waals surface area (Å²) in [5.41, 5.74) is 2.33.